The van der Waals surface area contributed by atoms with Crippen molar-refractivity contribution in [1.82, 2.24) is 16.0 Å². The van der Waals surface area contributed by atoms with Crippen LogP contribution in [0.3, 0.4) is 0 Å². The summed E-state index contributed by atoms with van der Waals surface area (Å²) in [7, 11) is 0. The zero-order valence-electron chi connectivity index (χ0n) is 17.8. The number of rotatable bonds is 13. The first-order valence-corrected chi connectivity index (χ1v) is 9.68. The lowest BCUT2D eigenvalue weighted by atomic mass is 9.99. The average Bonchev–Trinajstić information content (AvgIpc) is 2.56. The molecule has 4 N–H and O–H groups in total. The highest BCUT2D eigenvalue weighted by atomic mass is 19.3. The quantitative estimate of drug-likeness (QED) is 0.333. The molecule has 29 heavy (non-hydrogen) atoms. The SMILES string of the molecule is CC(C)CC(NC(=O)C(NC(C)C)C(C)C)C(=O)NC(CC(F)F)C(=O)C(=O)O. The van der Waals surface area contributed by atoms with E-state index < -0.39 is 54.5 Å². The number of alkyl halides is 2. The van der Waals surface area contributed by atoms with E-state index in [2.05, 4.69) is 16.0 Å². The van der Waals surface area contributed by atoms with Gasteiger partial charge >= 0.3 is 5.97 Å². The van der Waals surface area contributed by atoms with Gasteiger partial charge in [-0.2, -0.15) is 0 Å². The number of carbonyl (C=O) groups excluding carboxylic acids is 3. The van der Waals surface area contributed by atoms with Gasteiger partial charge in [0.1, 0.15) is 12.1 Å². The van der Waals surface area contributed by atoms with Crippen LogP contribution in [0.4, 0.5) is 8.78 Å². The van der Waals surface area contributed by atoms with E-state index in [1.54, 1.807) is 13.8 Å². The fraction of sp³-hybridized carbons (Fsp3) is 0.789. The molecule has 0 aliphatic carbocycles. The van der Waals surface area contributed by atoms with Crippen LogP contribution in [0.1, 0.15) is 54.4 Å². The van der Waals surface area contributed by atoms with E-state index in [0.29, 0.717) is 0 Å². The Bertz CT molecular complexity index is 582. The van der Waals surface area contributed by atoms with Gasteiger partial charge in [0.2, 0.25) is 18.2 Å². The molecule has 0 aromatic rings. The fourth-order valence-electron chi connectivity index (χ4n) is 2.73. The Hall–Kier alpha value is -2.10. The summed E-state index contributed by atoms with van der Waals surface area (Å²) in [4.78, 5) is 47.8. The van der Waals surface area contributed by atoms with E-state index in [9.17, 15) is 28.0 Å². The average molecular weight is 421 g/mol. The van der Waals surface area contributed by atoms with Crippen LogP contribution in [0, 0.1) is 11.8 Å². The van der Waals surface area contributed by atoms with Crippen molar-refractivity contribution in [3.63, 3.8) is 0 Å². The van der Waals surface area contributed by atoms with Crippen LogP contribution >= 0.6 is 0 Å². The topological polar surface area (TPSA) is 125 Å². The maximum absolute atomic E-state index is 12.7. The van der Waals surface area contributed by atoms with Crippen molar-refractivity contribution in [2.45, 2.75) is 85.0 Å². The molecule has 0 spiro atoms. The molecule has 0 radical (unpaired) electrons. The number of Topliss-reactive ketones (excluding diaryl/α,β-unsaturated/α-hetero) is 1. The molecule has 8 nitrogen and oxygen atoms in total. The summed E-state index contributed by atoms with van der Waals surface area (Å²) in [6.07, 6.45) is -3.92. The first-order valence-electron chi connectivity index (χ1n) is 9.68. The summed E-state index contributed by atoms with van der Waals surface area (Å²) in [6.45, 7) is 11.0. The highest BCUT2D eigenvalue weighted by Gasteiger charge is 2.33. The summed E-state index contributed by atoms with van der Waals surface area (Å²) in [5, 5.41) is 16.6. The van der Waals surface area contributed by atoms with Gasteiger partial charge in [-0.05, 0) is 18.3 Å². The summed E-state index contributed by atoms with van der Waals surface area (Å²) < 4.78 is 25.4. The van der Waals surface area contributed by atoms with Gasteiger partial charge in [-0.25, -0.2) is 13.6 Å². The number of nitrogens with one attached hydrogen (secondary N) is 3. The molecule has 0 saturated carbocycles. The summed E-state index contributed by atoms with van der Waals surface area (Å²) >= 11 is 0. The lowest BCUT2D eigenvalue weighted by Gasteiger charge is -2.28. The molecule has 2 amide bonds. The Balaban J connectivity index is 5.46. The Morgan fingerprint density at radius 3 is 1.72 bits per heavy atom. The van der Waals surface area contributed by atoms with Crippen LogP contribution in [0.5, 0.6) is 0 Å². The zero-order valence-corrected chi connectivity index (χ0v) is 17.8. The van der Waals surface area contributed by atoms with E-state index in [-0.39, 0.29) is 24.3 Å². The molecule has 0 aromatic carbocycles. The second-order valence-corrected chi connectivity index (χ2v) is 8.09. The van der Waals surface area contributed by atoms with Crippen molar-refractivity contribution in [3.05, 3.63) is 0 Å². The summed E-state index contributed by atoms with van der Waals surface area (Å²) in [5.74, 6) is -4.88. The van der Waals surface area contributed by atoms with Crippen LogP contribution in [0.25, 0.3) is 0 Å². The summed E-state index contributed by atoms with van der Waals surface area (Å²) in [5.41, 5.74) is 0. The normalized spacial score (nSPS) is 14.8. The molecule has 10 heteroatoms. The van der Waals surface area contributed by atoms with Crippen molar-refractivity contribution in [2.24, 2.45) is 11.8 Å². The Labute approximate surface area is 170 Å². The molecule has 0 saturated heterocycles. The lowest BCUT2D eigenvalue weighted by Crippen LogP contribution is -2.57. The minimum atomic E-state index is -2.98. The van der Waals surface area contributed by atoms with E-state index in [1.807, 2.05) is 27.7 Å². The number of carboxylic acid groups (broad SMARTS) is 1. The van der Waals surface area contributed by atoms with Crippen molar-refractivity contribution >= 4 is 23.6 Å². The maximum atomic E-state index is 12.7. The number of halogens is 2. The van der Waals surface area contributed by atoms with Gasteiger partial charge in [0, 0.05) is 12.5 Å². The van der Waals surface area contributed by atoms with Gasteiger partial charge < -0.3 is 21.1 Å². The van der Waals surface area contributed by atoms with E-state index in [1.165, 1.54) is 0 Å². The smallest absolute Gasteiger partial charge is 0.374 e. The molecular weight excluding hydrogens is 388 g/mol. The number of carboxylic acids is 1. The molecule has 0 heterocycles. The largest absolute Gasteiger partial charge is 0.475 e. The number of hydrogen-bond acceptors (Lipinski definition) is 5. The van der Waals surface area contributed by atoms with Crippen LogP contribution in [0.15, 0.2) is 0 Å². The molecule has 3 atom stereocenters. The predicted octanol–water partition coefficient (Wildman–Crippen LogP) is 1.33. The second kappa shape index (κ2) is 12.5. The Kier molecular flexibility index (Phi) is 11.6. The highest BCUT2D eigenvalue weighted by Crippen LogP contribution is 2.11. The van der Waals surface area contributed by atoms with Crippen LogP contribution in [0.2, 0.25) is 0 Å². The molecule has 0 aliphatic rings. The van der Waals surface area contributed by atoms with Crippen molar-refractivity contribution in [2.75, 3.05) is 0 Å². The molecule has 168 valence electrons. The molecule has 0 fully saturated rings. The van der Waals surface area contributed by atoms with Gasteiger partial charge in [0.05, 0.1) is 6.04 Å². The minimum absolute atomic E-state index is 0.00846. The summed E-state index contributed by atoms with van der Waals surface area (Å²) in [6, 6.07) is -3.55. The number of ketones is 1. The minimum Gasteiger partial charge on any atom is -0.475 e. The standard InChI is InChI=1S/C19H33F2N3O5/c1-9(2)7-13(24-18(27)15(10(3)4)22-11(5)6)17(26)23-12(8-14(20)21)16(25)19(28)29/h9-15,22H,7-8H2,1-6H3,(H,23,26)(H,24,27)(H,28,29). The number of amides is 2. The molecule has 3 unspecified atom stereocenters. The first kappa shape index (κ1) is 26.9. The molecule has 0 aliphatic heterocycles. The molecule has 0 aromatic heterocycles. The highest BCUT2D eigenvalue weighted by molar-refractivity contribution is 6.35. The van der Waals surface area contributed by atoms with Crippen LogP contribution in [-0.4, -0.2) is 59.3 Å². The fourth-order valence-corrected chi connectivity index (χ4v) is 2.73. The second-order valence-electron chi connectivity index (χ2n) is 8.09. The Morgan fingerprint density at radius 1 is 0.828 bits per heavy atom. The van der Waals surface area contributed by atoms with Gasteiger partial charge in [-0.1, -0.05) is 41.5 Å². The van der Waals surface area contributed by atoms with E-state index in [0.717, 1.165) is 0 Å². The van der Waals surface area contributed by atoms with Crippen LogP contribution in [-0.2, 0) is 19.2 Å². The lowest BCUT2D eigenvalue weighted by molar-refractivity contribution is -0.151. The first-order chi connectivity index (χ1) is 13.3. The van der Waals surface area contributed by atoms with Gasteiger partial charge in [0.15, 0.2) is 0 Å². The van der Waals surface area contributed by atoms with Crippen molar-refractivity contribution < 1.29 is 33.1 Å². The number of carbonyl (C=O) groups is 4. The zero-order chi connectivity index (χ0) is 22.9. The number of aliphatic carboxylic acids is 1. The maximum Gasteiger partial charge on any atom is 0.374 e. The van der Waals surface area contributed by atoms with E-state index >= 15 is 0 Å². The van der Waals surface area contributed by atoms with Crippen molar-refractivity contribution in [3.8, 4) is 0 Å². The third kappa shape index (κ3) is 10.3. The third-order valence-corrected chi connectivity index (χ3v) is 4.06. The van der Waals surface area contributed by atoms with Gasteiger partial charge in [-0.15, -0.1) is 0 Å². The predicted molar refractivity (Wildman–Crippen MR) is 103 cm³/mol. The Morgan fingerprint density at radius 2 is 1.34 bits per heavy atom. The molecular formula is C19H33F2N3O5. The molecule has 0 rings (SSSR count). The van der Waals surface area contributed by atoms with Crippen LogP contribution < -0.4 is 16.0 Å². The van der Waals surface area contributed by atoms with E-state index in [4.69, 9.17) is 5.11 Å². The van der Waals surface area contributed by atoms with Gasteiger partial charge in [0.25, 0.3) is 5.78 Å². The van der Waals surface area contributed by atoms with Crippen molar-refractivity contribution in [1.29, 1.82) is 0 Å². The molecule has 0 bridgehead atoms. The third-order valence-electron chi connectivity index (χ3n) is 4.06. The number of hydrogen-bond donors (Lipinski definition) is 4. The van der Waals surface area contributed by atoms with Gasteiger partial charge in [-0.3, -0.25) is 14.4 Å². The monoisotopic (exact) mass is 421 g/mol.